The molecule has 0 aromatic carbocycles. The van der Waals surface area contributed by atoms with E-state index >= 15 is 0 Å². The van der Waals surface area contributed by atoms with Gasteiger partial charge in [0, 0.05) is 6.42 Å². The van der Waals surface area contributed by atoms with Gasteiger partial charge in [-0.3, -0.25) is 4.79 Å². The Kier molecular flexibility index (Phi) is 5.27. The molecule has 0 unspecified atom stereocenters. The van der Waals surface area contributed by atoms with Gasteiger partial charge in [0.05, 0.1) is 0 Å². The van der Waals surface area contributed by atoms with E-state index in [2.05, 4.69) is 18.5 Å². The zero-order chi connectivity index (χ0) is 10.3. The number of carbonyl (C=O) groups excluding carboxylic acids is 1. The minimum atomic E-state index is -0.989. The lowest BCUT2D eigenvalue weighted by atomic mass is 10.1. The molecule has 0 aliphatic rings. The Bertz CT molecular complexity index is 223. The predicted octanol–water partition coefficient (Wildman–Crippen LogP) is 0.708. The van der Waals surface area contributed by atoms with Crippen LogP contribution in [0.5, 0.6) is 0 Å². The lowest BCUT2D eigenvalue weighted by Gasteiger charge is -2.10. The van der Waals surface area contributed by atoms with Crippen molar-refractivity contribution in [3.8, 4) is 0 Å². The molecule has 4 nitrogen and oxygen atoms in total. The average Bonchev–Trinajstić information content (AvgIpc) is 2.11. The van der Waals surface area contributed by atoms with Gasteiger partial charge in [0.2, 0.25) is 0 Å². The van der Waals surface area contributed by atoms with Crippen molar-refractivity contribution in [2.24, 2.45) is 0 Å². The summed E-state index contributed by atoms with van der Waals surface area (Å²) in [6.07, 6.45) is 2.91. The summed E-state index contributed by atoms with van der Waals surface area (Å²) < 4.78 is 0. The van der Waals surface area contributed by atoms with E-state index in [1.807, 2.05) is 0 Å². The van der Waals surface area contributed by atoms with Gasteiger partial charge in [-0.1, -0.05) is 13.2 Å². The Labute approximate surface area is 76.9 Å². The first-order valence-electron chi connectivity index (χ1n) is 3.86. The minimum absolute atomic E-state index is 0.155. The SMILES string of the molecule is C=CN[C@H](CCC(=O)C=C)C(=O)O. The van der Waals surface area contributed by atoms with Gasteiger partial charge >= 0.3 is 5.97 Å². The summed E-state index contributed by atoms with van der Waals surface area (Å²) in [6.45, 7) is 6.64. The van der Waals surface area contributed by atoms with Crippen LogP contribution in [-0.4, -0.2) is 22.9 Å². The minimum Gasteiger partial charge on any atom is -0.480 e. The van der Waals surface area contributed by atoms with Crippen LogP contribution >= 0.6 is 0 Å². The van der Waals surface area contributed by atoms with E-state index in [1.165, 1.54) is 12.3 Å². The smallest absolute Gasteiger partial charge is 0.326 e. The van der Waals surface area contributed by atoms with E-state index < -0.39 is 12.0 Å². The summed E-state index contributed by atoms with van der Waals surface area (Å²) in [5, 5.41) is 11.2. The monoisotopic (exact) mass is 183 g/mol. The van der Waals surface area contributed by atoms with Gasteiger partial charge in [-0.2, -0.15) is 0 Å². The van der Waals surface area contributed by atoms with Crippen molar-refractivity contribution in [3.05, 3.63) is 25.4 Å². The van der Waals surface area contributed by atoms with Gasteiger partial charge in [0.1, 0.15) is 6.04 Å². The fourth-order valence-electron chi connectivity index (χ4n) is 0.809. The summed E-state index contributed by atoms with van der Waals surface area (Å²) in [5.41, 5.74) is 0. The average molecular weight is 183 g/mol. The van der Waals surface area contributed by atoms with Crippen LogP contribution in [0.1, 0.15) is 12.8 Å². The fourth-order valence-corrected chi connectivity index (χ4v) is 0.809. The molecule has 13 heavy (non-hydrogen) atoms. The first kappa shape index (κ1) is 11.4. The number of hydrogen-bond acceptors (Lipinski definition) is 3. The van der Waals surface area contributed by atoms with Gasteiger partial charge in [0.15, 0.2) is 5.78 Å². The number of carboxylic acids is 1. The number of nitrogens with one attached hydrogen (secondary N) is 1. The van der Waals surface area contributed by atoms with Crippen molar-refractivity contribution in [1.29, 1.82) is 0 Å². The molecule has 0 radical (unpaired) electrons. The zero-order valence-corrected chi connectivity index (χ0v) is 7.32. The Morgan fingerprint density at radius 2 is 2.08 bits per heavy atom. The fraction of sp³-hybridized carbons (Fsp3) is 0.333. The normalized spacial score (nSPS) is 11.4. The summed E-state index contributed by atoms with van der Waals surface area (Å²) in [6, 6.07) is -0.749. The van der Waals surface area contributed by atoms with Gasteiger partial charge in [-0.25, -0.2) is 4.79 Å². The quantitative estimate of drug-likeness (QED) is 0.570. The molecule has 0 saturated heterocycles. The highest BCUT2D eigenvalue weighted by Crippen LogP contribution is 1.99. The highest BCUT2D eigenvalue weighted by Gasteiger charge is 2.15. The largest absolute Gasteiger partial charge is 0.480 e. The Morgan fingerprint density at radius 3 is 2.46 bits per heavy atom. The van der Waals surface area contributed by atoms with E-state index in [-0.39, 0.29) is 18.6 Å². The van der Waals surface area contributed by atoms with Crippen LogP contribution in [0.2, 0.25) is 0 Å². The highest BCUT2D eigenvalue weighted by atomic mass is 16.4. The number of ketones is 1. The van der Waals surface area contributed by atoms with Crippen LogP contribution in [0.25, 0.3) is 0 Å². The van der Waals surface area contributed by atoms with Crippen molar-refractivity contribution in [3.63, 3.8) is 0 Å². The molecule has 72 valence electrons. The molecule has 0 bridgehead atoms. The third-order valence-electron chi connectivity index (χ3n) is 1.52. The molecule has 0 amide bonds. The molecule has 0 aliphatic heterocycles. The summed E-state index contributed by atoms with van der Waals surface area (Å²) in [5.74, 6) is -1.14. The molecule has 0 aromatic rings. The second-order valence-corrected chi connectivity index (χ2v) is 2.47. The molecule has 0 rings (SSSR count). The maximum Gasteiger partial charge on any atom is 0.326 e. The van der Waals surface area contributed by atoms with E-state index in [4.69, 9.17) is 5.11 Å². The summed E-state index contributed by atoms with van der Waals surface area (Å²) in [4.78, 5) is 21.3. The number of hydrogen-bond donors (Lipinski definition) is 2. The Morgan fingerprint density at radius 1 is 1.46 bits per heavy atom. The van der Waals surface area contributed by atoms with Crippen LogP contribution in [-0.2, 0) is 9.59 Å². The van der Waals surface area contributed by atoms with Gasteiger partial charge < -0.3 is 10.4 Å². The maximum absolute atomic E-state index is 10.8. The molecule has 0 aliphatic carbocycles. The molecule has 1 atom stereocenters. The van der Waals surface area contributed by atoms with Crippen molar-refractivity contribution in [1.82, 2.24) is 5.32 Å². The molecule has 0 fully saturated rings. The van der Waals surface area contributed by atoms with Crippen LogP contribution < -0.4 is 5.32 Å². The molecule has 0 heterocycles. The lowest BCUT2D eigenvalue weighted by Crippen LogP contribution is -2.33. The number of aliphatic carboxylic acids is 1. The molecular weight excluding hydrogens is 170 g/mol. The van der Waals surface area contributed by atoms with E-state index in [0.29, 0.717) is 0 Å². The zero-order valence-electron chi connectivity index (χ0n) is 7.32. The van der Waals surface area contributed by atoms with Crippen molar-refractivity contribution < 1.29 is 14.7 Å². The molecular formula is C9H13NO3. The van der Waals surface area contributed by atoms with Gasteiger partial charge in [-0.15, -0.1) is 0 Å². The molecule has 4 heteroatoms. The molecule has 0 spiro atoms. The number of carbonyl (C=O) groups is 2. The first-order chi connectivity index (χ1) is 6.11. The second kappa shape index (κ2) is 5.99. The van der Waals surface area contributed by atoms with Crippen LogP contribution in [0.4, 0.5) is 0 Å². The van der Waals surface area contributed by atoms with E-state index in [0.717, 1.165) is 0 Å². The van der Waals surface area contributed by atoms with Gasteiger partial charge in [-0.05, 0) is 18.7 Å². The lowest BCUT2D eigenvalue weighted by molar-refractivity contribution is -0.139. The topological polar surface area (TPSA) is 66.4 Å². The first-order valence-corrected chi connectivity index (χ1v) is 3.86. The Hall–Kier alpha value is -1.58. The van der Waals surface area contributed by atoms with Crippen molar-refractivity contribution in [2.45, 2.75) is 18.9 Å². The van der Waals surface area contributed by atoms with E-state index in [9.17, 15) is 9.59 Å². The van der Waals surface area contributed by atoms with Crippen molar-refractivity contribution in [2.75, 3.05) is 0 Å². The van der Waals surface area contributed by atoms with Crippen LogP contribution in [0.15, 0.2) is 25.4 Å². The molecule has 0 saturated carbocycles. The number of carboxylic acid groups (broad SMARTS) is 1. The summed E-state index contributed by atoms with van der Waals surface area (Å²) in [7, 11) is 0. The predicted molar refractivity (Wildman–Crippen MR) is 49.2 cm³/mol. The highest BCUT2D eigenvalue weighted by molar-refractivity contribution is 5.89. The van der Waals surface area contributed by atoms with Crippen molar-refractivity contribution >= 4 is 11.8 Å². The Balaban J connectivity index is 3.95. The molecule has 0 aromatic heterocycles. The standard InChI is InChI=1S/C9H13NO3/c1-3-7(11)5-6-8(9(12)13)10-4-2/h3-4,8,10H,1-2,5-6H2,(H,12,13)/t8-/m1/s1. The third-order valence-corrected chi connectivity index (χ3v) is 1.52. The number of allylic oxidation sites excluding steroid dienone is 1. The maximum atomic E-state index is 10.8. The van der Waals surface area contributed by atoms with Crippen LogP contribution in [0, 0.1) is 0 Å². The second-order valence-electron chi connectivity index (χ2n) is 2.47. The van der Waals surface area contributed by atoms with Crippen LogP contribution in [0.3, 0.4) is 0 Å². The third kappa shape index (κ3) is 4.79. The van der Waals surface area contributed by atoms with Gasteiger partial charge in [0.25, 0.3) is 0 Å². The number of rotatable bonds is 7. The molecule has 2 N–H and O–H groups in total. The van der Waals surface area contributed by atoms with E-state index in [1.54, 1.807) is 0 Å². The summed E-state index contributed by atoms with van der Waals surface area (Å²) >= 11 is 0.